The fourth-order valence-electron chi connectivity index (χ4n) is 3.33. The average molecular weight is 314 g/mol. The third kappa shape index (κ3) is 2.51. The van der Waals surface area contributed by atoms with Gasteiger partial charge in [0.15, 0.2) is 5.65 Å². The van der Waals surface area contributed by atoms with Crippen LogP contribution in [0.1, 0.15) is 59.8 Å². The zero-order valence-electron chi connectivity index (χ0n) is 13.6. The summed E-state index contributed by atoms with van der Waals surface area (Å²) in [6.07, 6.45) is 4.82. The average Bonchev–Trinajstić information content (AvgIpc) is 3.30. The van der Waals surface area contributed by atoms with E-state index in [1.165, 1.54) is 0 Å². The molecule has 0 aromatic carbocycles. The highest BCUT2D eigenvalue weighted by Crippen LogP contribution is 2.40. The molecule has 0 atom stereocenters. The van der Waals surface area contributed by atoms with Gasteiger partial charge in [-0.25, -0.2) is 4.98 Å². The lowest BCUT2D eigenvalue weighted by molar-refractivity contribution is -0.0300. The van der Waals surface area contributed by atoms with Gasteiger partial charge in [-0.1, -0.05) is 0 Å². The number of aliphatic hydroxyl groups is 1. The first-order chi connectivity index (χ1) is 11.0. The van der Waals surface area contributed by atoms with E-state index in [0.29, 0.717) is 18.0 Å². The number of nitrogens with one attached hydrogen (secondary N) is 1. The van der Waals surface area contributed by atoms with E-state index in [1.807, 2.05) is 20.0 Å². The van der Waals surface area contributed by atoms with Crippen molar-refractivity contribution in [2.45, 2.75) is 50.5 Å². The van der Waals surface area contributed by atoms with E-state index in [2.05, 4.69) is 10.4 Å². The number of pyridine rings is 1. The topological polar surface area (TPSA) is 80.0 Å². The molecule has 2 heterocycles. The molecule has 4 rings (SSSR count). The summed E-state index contributed by atoms with van der Waals surface area (Å²) < 4.78 is 1.74. The molecule has 0 radical (unpaired) electrons. The van der Waals surface area contributed by atoms with Crippen molar-refractivity contribution in [2.75, 3.05) is 6.54 Å². The zero-order valence-corrected chi connectivity index (χ0v) is 13.6. The number of aryl methyl sites for hydroxylation is 2. The molecule has 1 amide bonds. The number of aromatic nitrogens is 3. The molecule has 122 valence electrons. The highest BCUT2D eigenvalue weighted by molar-refractivity contribution is 6.06. The van der Waals surface area contributed by atoms with E-state index in [4.69, 9.17) is 4.98 Å². The summed E-state index contributed by atoms with van der Waals surface area (Å²) in [5.74, 6) is 0.327. The molecular weight excluding hydrogens is 292 g/mol. The Balaban J connectivity index is 1.70. The maximum Gasteiger partial charge on any atom is 0.252 e. The Labute approximate surface area is 134 Å². The summed E-state index contributed by atoms with van der Waals surface area (Å²) in [4.78, 5) is 17.4. The largest absolute Gasteiger partial charge is 0.388 e. The van der Waals surface area contributed by atoms with Crippen LogP contribution in [0.25, 0.3) is 11.0 Å². The van der Waals surface area contributed by atoms with Crippen LogP contribution in [0.15, 0.2) is 6.07 Å². The molecule has 2 fully saturated rings. The lowest BCUT2D eigenvalue weighted by Crippen LogP contribution is -2.47. The van der Waals surface area contributed by atoms with Crippen molar-refractivity contribution < 1.29 is 9.90 Å². The molecule has 2 aliphatic rings. The second-order valence-corrected chi connectivity index (χ2v) is 7.04. The van der Waals surface area contributed by atoms with E-state index >= 15 is 0 Å². The zero-order chi connectivity index (χ0) is 16.2. The molecule has 0 saturated heterocycles. The first-order valence-electron chi connectivity index (χ1n) is 8.32. The number of carbonyl (C=O) groups excluding carboxylic acids is 1. The Morgan fingerprint density at radius 2 is 2.22 bits per heavy atom. The quantitative estimate of drug-likeness (QED) is 0.902. The van der Waals surface area contributed by atoms with Crippen LogP contribution < -0.4 is 5.32 Å². The van der Waals surface area contributed by atoms with Gasteiger partial charge in [-0.05, 0) is 45.1 Å². The van der Waals surface area contributed by atoms with Gasteiger partial charge in [0.05, 0.1) is 22.2 Å². The van der Waals surface area contributed by atoms with Crippen LogP contribution in [-0.2, 0) is 7.05 Å². The standard InChI is InChI=1S/C17H22N4O2/c1-10-14-12(16(22)18-9-17(23)6-3-7-17)8-13(11-4-5-11)19-15(14)21(2)20-10/h8,11,23H,3-7,9H2,1-2H3,(H,18,22). The molecule has 0 aliphatic heterocycles. The molecule has 2 aromatic rings. The fraction of sp³-hybridized carbons (Fsp3) is 0.588. The molecule has 2 aromatic heterocycles. The van der Waals surface area contributed by atoms with Gasteiger partial charge in [0.2, 0.25) is 0 Å². The van der Waals surface area contributed by atoms with Crippen molar-refractivity contribution in [2.24, 2.45) is 7.05 Å². The SMILES string of the molecule is Cc1nn(C)c2nc(C3CC3)cc(C(=O)NCC3(O)CCC3)c12. The number of carbonyl (C=O) groups is 1. The van der Waals surface area contributed by atoms with Gasteiger partial charge in [-0.3, -0.25) is 9.48 Å². The van der Waals surface area contributed by atoms with Gasteiger partial charge in [-0.15, -0.1) is 0 Å². The van der Waals surface area contributed by atoms with Crippen LogP contribution in [0, 0.1) is 6.92 Å². The first-order valence-corrected chi connectivity index (χ1v) is 8.32. The number of fused-ring (bicyclic) bond motifs is 1. The smallest absolute Gasteiger partial charge is 0.252 e. The fourth-order valence-corrected chi connectivity index (χ4v) is 3.33. The van der Waals surface area contributed by atoms with E-state index in [9.17, 15) is 9.90 Å². The van der Waals surface area contributed by atoms with Gasteiger partial charge in [0, 0.05) is 25.2 Å². The molecule has 23 heavy (non-hydrogen) atoms. The van der Waals surface area contributed by atoms with Gasteiger partial charge >= 0.3 is 0 Å². The van der Waals surface area contributed by atoms with Crippen LogP contribution in [0.5, 0.6) is 0 Å². The predicted octanol–water partition coefficient (Wildman–Crippen LogP) is 1.80. The first kappa shape index (κ1) is 14.6. The Morgan fingerprint density at radius 1 is 1.48 bits per heavy atom. The van der Waals surface area contributed by atoms with Gasteiger partial charge < -0.3 is 10.4 Å². The number of amides is 1. The van der Waals surface area contributed by atoms with Crippen molar-refractivity contribution in [1.82, 2.24) is 20.1 Å². The molecule has 2 N–H and O–H groups in total. The second-order valence-electron chi connectivity index (χ2n) is 7.04. The maximum atomic E-state index is 12.7. The van der Waals surface area contributed by atoms with Crippen LogP contribution in [-0.4, -0.2) is 37.9 Å². The molecule has 6 heteroatoms. The lowest BCUT2D eigenvalue weighted by Gasteiger charge is -2.36. The second kappa shape index (κ2) is 5.03. The minimum absolute atomic E-state index is 0.143. The van der Waals surface area contributed by atoms with E-state index < -0.39 is 5.60 Å². The van der Waals surface area contributed by atoms with Gasteiger partial charge in [0.25, 0.3) is 5.91 Å². The normalized spacial score (nSPS) is 19.6. The molecule has 0 bridgehead atoms. The van der Waals surface area contributed by atoms with E-state index in [1.54, 1.807) is 4.68 Å². The molecule has 2 aliphatic carbocycles. The summed E-state index contributed by atoms with van der Waals surface area (Å²) in [5, 5.41) is 18.3. The highest BCUT2D eigenvalue weighted by atomic mass is 16.3. The number of rotatable bonds is 4. The van der Waals surface area contributed by atoms with E-state index in [-0.39, 0.29) is 5.91 Å². The predicted molar refractivity (Wildman–Crippen MR) is 86.4 cm³/mol. The highest BCUT2D eigenvalue weighted by Gasteiger charge is 2.35. The van der Waals surface area contributed by atoms with Crippen molar-refractivity contribution in [3.8, 4) is 0 Å². The minimum atomic E-state index is -0.717. The van der Waals surface area contributed by atoms with Crippen molar-refractivity contribution in [3.05, 3.63) is 23.0 Å². The summed E-state index contributed by atoms with van der Waals surface area (Å²) in [6, 6.07) is 1.91. The number of hydrogen-bond acceptors (Lipinski definition) is 4. The number of hydrogen-bond donors (Lipinski definition) is 2. The van der Waals surface area contributed by atoms with Crippen LogP contribution in [0.3, 0.4) is 0 Å². The third-order valence-corrected chi connectivity index (χ3v) is 5.09. The Morgan fingerprint density at radius 3 is 2.83 bits per heavy atom. The van der Waals surface area contributed by atoms with Crippen molar-refractivity contribution in [1.29, 1.82) is 0 Å². The molecule has 6 nitrogen and oxygen atoms in total. The van der Waals surface area contributed by atoms with E-state index in [0.717, 1.165) is 54.5 Å². The third-order valence-electron chi connectivity index (χ3n) is 5.09. The summed E-state index contributed by atoms with van der Waals surface area (Å²) in [5.41, 5.74) is 2.47. The molecule has 2 saturated carbocycles. The van der Waals surface area contributed by atoms with Crippen molar-refractivity contribution >= 4 is 16.9 Å². The summed E-state index contributed by atoms with van der Waals surface area (Å²) >= 11 is 0. The Hall–Kier alpha value is -1.95. The number of nitrogens with zero attached hydrogens (tertiary/aromatic N) is 3. The molecule has 0 unspecified atom stereocenters. The Kier molecular flexibility index (Phi) is 3.20. The van der Waals surface area contributed by atoms with Crippen LogP contribution >= 0.6 is 0 Å². The lowest BCUT2D eigenvalue weighted by atomic mass is 9.80. The summed E-state index contributed by atoms with van der Waals surface area (Å²) in [7, 11) is 1.86. The van der Waals surface area contributed by atoms with Crippen LogP contribution in [0.2, 0.25) is 0 Å². The van der Waals surface area contributed by atoms with Crippen LogP contribution in [0.4, 0.5) is 0 Å². The summed E-state index contributed by atoms with van der Waals surface area (Å²) in [6.45, 7) is 2.21. The van der Waals surface area contributed by atoms with Gasteiger partial charge in [-0.2, -0.15) is 5.10 Å². The molecule has 0 spiro atoms. The van der Waals surface area contributed by atoms with Crippen molar-refractivity contribution in [3.63, 3.8) is 0 Å². The maximum absolute atomic E-state index is 12.7. The minimum Gasteiger partial charge on any atom is -0.388 e. The monoisotopic (exact) mass is 314 g/mol. The Bertz CT molecular complexity index is 787. The van der Waals surface area contributed by atoms with Gasteiger partial charge in [0.1, 0.15) is 0 Å². The molecular formula is C17H22N4O2.